The Balaban J connectivity index is 2.16. The molecule has 1 amide bonds. The Morgan fingerprint density at radius 3 is 2.72 bits per heavy atom. The summed E-state index contributed by atoms with van der Waals surface area (Å²) >= 11 is 9.10. The summed E-state index contributed by atoms with van der Waals surface area (Å²) < 4.78 is 13.3. The number of hydrogen-bond donors (Lipinski definition) is 1. The molecule has 0 aliphatic heterocycles. The standard InChI is InChI=1S/C12H7BrClFN2O/c13-9-5-8(2-3-10(9)14)17-12(18)7-1-4-11(15)16-6-7/h1-6H,(H,17,18). The third kappa shape index (κ3) is 3.05. The van der Waals surface area contributed by atoms with Gasteiger partial charge in [-0.3, -0.25) is 4.79 Å². The number of anilines is 1. The largest absolute Gasteiger partial charge is 0.322 e. The van der Waals surface area contributed by atoms with Gasteiger partial charge in [0.05, 0.1) is 10.6 Å². The first-order chi connectivity index (χ1) is 8.56. The molecule has 1 aromatic heterocycles. The van der Waals surface area contributed by atoms with E-state index in [2.05, 4.69) is 26.2 Å². The lowest BCUT2D eigenvalue weighted by Crippen LogP contribution is -2.12. The molecule has 1 aromatic carbocycles. The molecular weight excluding hydrogens is 322 g/mol. The minimum absolute atomic E-state index is 0.280. The number of carbonyl (C=O) groups is 1. The molecule has 2 rings (SSSR count). The summed E-state index contributed by atoms with van der Waals surface area (Å²) in [5.41, 5.74) is 0.864. The minimum Gasteiger partial charge on any atom is -0.322 e. The van der Waals surface area contributed by atoms with Crippen LogP contribution in [0.4, 0.5) is 10.1 Å². The lowest BCUT2D eigenvalue weighted by Gasteiger charge is -2.06. The summed E-state index contributed by atoms with van der Waals surface area (Å²) in [7, 11) is 0. The fourth-order valence-electron chi connectivity index (χ4n) is 1.29. The van der Waals surface area contributed by atoms with Gasteiger partial charge in [-0.2, -0.15) is 4.39 Å². The van der Waals surface area contributed by atoms with Crippen molar-refractivity contribution in [2.75, 3.05) is 5.32 Å². The molecule has 0 unspecified atom stereocenters. The number of amides is 1. The van der Waals surface area contributed by atoms with Crippen LogP contribution in [0.15, 0.2) is 41.0 Å². The fourth-order valence-corrected chi connectivity index (χ4v) is 1.78. The monoisotopic (exact) mass is 328 g/mol. The Morgan fingerprint density at radius 2 is 2.11 bits per heavy atom. The number of rotatable bonds is 2. The topological polar surface area (TPSA) is 42.0 Å². The third-order valence-electron chi connectivity index (χ3n) is 2.17. The van der Waals surface area contributed by atoms with Crippen LogP contribution in [0.5, 0.6) is 0 Å². The highest BCUT2D eigenvalue weighted by molar-refractivity contribution is 9.10. The molecule has 0 spiro atoms. The second-order valence-corrected chi connectivity index (χ2v) is 4.71. The number of aromatic nitrogens is 1. The second kappa shape index (κ2) is 5.46. The third-order valence-corrected chi connectivity index (χ3v) is 3.38. The predicted molar refractivity (Wildman–Crippen MR) is 71.3 cm³/mol. The molecule has 3 nitrogen and oxygen atoms in total. The van der Waals surface area contributed by atoms with Crippen LogP contribution < -0.4 is 5.32 Å². The molecule has 92 valence electrons. The Morgan fingerprint density at radius 1 is 1.33 bits per heavy atom. The smallest absolute Gasteiger partial charge is 0.257 e. The summed E-state index contributed by atoms with van der Waals surface area (Å²) in [6.07, 6.45) is 1.18. The van der Waals surface area contributed by atoms with Crippen LogP contribution >= 0.6 is 27.5 Å². The van der Waals surface area contributed by atoms with Crippen molar-refractivity contribution >= 4 is 39.1 Å². The number of nitrogens with zero attached hydrogens (tertiary/aromatic N) is 1. The van der Waals surface area contributed by atoms with Crippen molar-refractivity contribution in [2.45, 2.75) is 0 Å². The zero-order valence-electron chi connectivity index (χ0n) is 8.95. The van der Waals surface area contributed by atoms with Gasteiger partial charge < -0.3 is 5.32 Å². The molecule has 0 radical (unpaired) electrons. The molecule has 0 aliphatic carbocycles. The first-order valence-electron chi connectivity index (χ1n) is 4.94. The Labute approximate surface area is 116 Å². The number of nitrogens with one attached hydrogen (secondary N) is 1. The van der Waals surface area contributed by atoms with Crippen molar-refractivity contribution in [1.29, 1.82) is 0 Å². The van der Waals surface area contributed by atoms with Gasteiger partial charge in [-0.1, -0.05) is 11.6 Å². The van der Waals surface area contributed by atoms with Gasteiger partial charge in [0.1, 0.15) is 0 Å². The van der Waals surface area contributed by atoms with E-state index in [-0.39, 0.29) is 11.5 Å². The van der Waals surface area contributed by atoms with Crippen molar-refractivity contribution < 1.29 is 9.18 Å². The Kier molecular flexibility index (Phi) is 3.93. The normalized spacial score (nSPS) is 10.2. The van der Waals surface area contributed by atoms with Crippen LogP contribution in [0.25, 0.3) is 0 Å². The molecular formula is C12H7BrClFN2O. The van der Waals surface area contributed by atoms with Gasteiger partial charge >= 0.3 is 0 Å². The Bertz CT molecular complexity index is 589. The van der Waals surface area contributed by atoms with E-state index in [1.54, 1.807) is 18.2 Å². The highest BCUT2D eigenvalue weighted by atomic mass is 79.9. The zero-order valence-corrected chi connectivity index (χ0v) is 11.3. The van der Waals surface area contributed by atoms with E-state index >= 15 is 0 Å². The average molecular weight is 330 g/mol. The molecule has 0 fully saturated rings. The average Bonchev–Trinajstić information content (AvgIpc) is 2.34. The molecule has 0 saturated heterocycles. The molecule has 1 N–H and O–H groups in total. The van der Waals surface area contributed by atoms with Crippen LogP contribution in [0.3, 0.4) is 0 Å². The first-order valence-corrected chi connectivity index (χ1v) is 6.11. The van der Waals surface area contributed by atoms with E-state index in [4.69, 9.17) is 11.6 Å². The highest BCUT2D eigenvalue weighted by Crippen LogP contribution is 2.25. The number of carbonyl (C=O) groups excluding carboxylic acids is 1. The highest BCUT2D eigenvalue weighted by Gasteiger charge is 2.07. The maximum absolute atomic E-state index is 12.6. The van der Waals surface area contributed by atoms with Crippen molar-refractivity contribution in [2.24, 2.45) is 0 Å². The second-order valence-electron chi connectivity index (χ2n) is 3.45. The summed E-state index contributed by atoms with van der Waals surface area (Å²) in [6.45, 7) is 0. The van der Waals surface area contributed by atoms with Gasteiger partial charge in [-0.15, -0.1) is 0 Å². The van der Waals surface area contributed by atoms with Gasteiger partial charge in [-0.25, -0.2) is 4.98 Å². The molecule has 2 aromatic rings. The first kappa shape index (κ1) is 13.0. The molecule has 6 heteroatoms. The van der Waals surface area contributed by atoms with E-state index in [9.17, 15) is 9.18 Å². The lowest BCUT2D eigenvalue weighted by molar-refractivity contribution is 0.102. The van der Waals surface area contributed by atoms with Crippen LogP contribution in [0, 0.1) is 5.95 Å². The van der Waals surface area contributed by atoms with Gasteiger partial charge in [0.25, 0.3) is 5.91 Å². The fraction of sp³-hybridized carbons (Fsp3) is 0. The van der Waals surface area contributed by atoms with Crippen LogP contribution in [0.1, 0.15) is 10.4 Å². The van der Waals surface area contributed by atoms with E-state index in [0.717, 1.165) is 6.07 Å². The van der Waals surface area contributed by atoms with Crippen molar-refractivity contribution in [3.05, 3.63) is 57.5 Å². The van der Waals surface area contributed by atoms with E-state index < -0.39 is 5.95 Å². The summed E-state index contributed by atoms with van der Waals surface area (Å²) in [4.78, 5) is 15.2. The maximum atomic E-state index is 12.6. The number of halogens is 3. The summed E-state index contributed by atoms with van der Waals surface area (Å²) in [6, 6.07) is 7.50. The van der Waals surface area contributed by atoms with Crippen molar-refractivity contribution in [3.63, 3.8) is 0 Å². The molecule has 18 heavy (non-hydrogen) atoms. The zero-order chi connectivity index (χ0) is 13.1. The van der Waals surface area contributed by atoms with E-state index in [1.807, 2.05) is 0 Å². The van der Waals surface area contributed by atoms with Crippen molar-refractivity contribution in [3.8, 4) is 0 Å². The molecule has 0 saturated carbocycles. The molecule has 1 heterocycles. The molecule has 0 aliphatic rings. The number of hydrogen-bond acceptors (Lipinski definition) is 2. The van der Waals surface area contributed by atoms with Crippen LogP contribution in [0.2, 0.25) is 5.02 Å². The minimum atomic E-state index is -0.624. The predicted octanol–water partition coefficient (Wildman–Crippen LogP) is 3.89. The molecule has 0 bridgehead atoms. The lowest BCUT2D eigenvalue weighted by atomic mass is 10.2. The quantitative estimate of drug-likeness (QED) is 0.849. The van der Waals surface area contributed by atoms with Crippen LogP contribution in [-0.4, -0.2) is 10.9 Å². The van der Waals surface area contributed by atoms with Gasteiger partial charge in [0, 0.05) is 16.4 Å². The van der Waals surface area contributed by atoms with Gasteiger partial charge in [0.2, 0.25) is 5.95 Å². The van der Waals surface area contributed by atoms with Gasteiger partial charge in [-0.05, 0) is 46.3 Å². The number of benzene rings is 1. The SMILES string of the molecule is O=C(Nc1ccc(Cl)c(Br)c1)c1ccc(F)nc1. The number of pyridine rings is 1. The van der Waals surface area contributed by atoms with E-state index in [1.165, 1.54) is 12.3 Å². The Hall–Kier alpha value is -1.46. The summed E-state index contributed by atoms with van der Waals surface area (Å²) in [5.74, 6) is -0.988. The van der Waals surface area contributed by atoms with Gasteiger partial charge in [0.15, 0.2) is 0 Å². The maximum Gasteiger partial charge on any atom is 0.257 e. The summed E-state index contributed by atoms with van der Waals surface area (Å²) in [5, 5.41) is 3.21. The van der Waals surface area contributed by atoms with Crippen molar-refractivity contribution in [1.82, 2.24) is 4.98 Å². The molecule has 0 atom stereocenters. The van der Waals surface area contributed by atoms with E-state index in [0.29, 0.717) is 15.2 Å². The van der Waals surface area contributed by atoms with Crippen LogP contribution in [-0.2, 0) is 0 Å².